The Morgan fingerprint density at radius 2 is 2.35 bits per heavy atom. The van der Waals surface area contributed by atoms with Crippen molar-refractivity contribution in [2.45, 2.75) is 38.6 Å². The van der Waals surface area contributed by atoms with Crippen molar-refractivity contribution >= 4 is 5.91 Å². The quantitative estimate of drug-likeness (QED) is 0.808. The van der Waals surface area contributed by atoms with Gasteiger partial charge in [-0.2, -0.15) is 0 Å². The van der Waals surface area contributed by atoms with Gasteiger partial charge in [0.2, 0.25) is 5.76 Å². The molecule has 0 saturated heterocycles. The van der Waals surface area contributed by atoms with Crippen LogP contribution in [0, 0.1) is 5.92 Å². The summed E-state index contributed by atoms with van der Waals surface area (Å²) < 4.78 is 4.99. The van der Waals surface area contributed by atoms with E-state index in [0.717, 1.165) is 5.69 Å². The minimum Gasteiger partial charge on any atom is -0.351 e. The molecular weight excluding hydrogens is 218 g/mol. The molecule has 1 aromatic heterocycles. The third-order valence-electron chi connectivity index (χ3n) is 3.07. The Bertz CT molecular complexity index is 396. The monoisotopic (exact) mass is 237 g/mol. The molecule has 1 fully saturated rings. The number of carbonyl (C=O) groups is 1. The van der Waals surface area contributed by atoms with Crippen LogP contribution < -0.4 is 11.1 Å². The van der Waals surface area contributed by atoms with Gasteiger partial charge in [0.25, 0.3) is 5.91 Å². The van der Waals surface area contributed by atoms with Crippen molar-refractivity contribution in [3.63, 3.8) is 0 Å². The Hall–Kier alpha value is -1.36. The van der Waals surface area contributed by atoms with E-state index >= 15 is 0 Å². The molecule has 2 rings (SSSR count). The van der Waals surface area contributed by atoms with Crippen LogP contribution in [0.15, 0.2) is 10.6 Å². The Morgan fingerprint density at radius 3 is 2.88 bits per heavy atom. The highest BCUT2D eigenvalue weighted by Gasteiger charge is 2.28. The largest absolute Gasteiger partial charge is 0.351 e. The zero-order chi connectivity index (χ0) is 12.4. The molecule has 5 nitrogen and oxygen atoms in total. The van der Waals surface area contributed by atoms with Crippen molar-refractivity contribution < 1.29 is 9.32 Å². The van der Waals surface area contributed by atoms with Gasteiger partial charge in [-0.15, -0.1) is 0 Å². The molecule has 1 aliphatic rings. The summed E-state index contributed by atoms with van der Waals surface area (Å²) in [6.07, 6.45) is 2.35. The molecule has 0 aromatic carbocycles. The summed E-state index contributed by atoms with van der Waals surface area (Å²) in [5, 5.41) is 6.62. The highest BCUT2D eigenvalue weighted by Crippen LogP contribution is 2.31. The lowest BCUT2D eigenvalue weighted by molar-refractivity contribution is 0.0913. The first-order valence-corrected chi connectivity index (χ1v) is 6.08. The lowest BCUT2D eigenvalue weighted by atomic mass is 10.1. The smallest absolute Gasteiger partial charge is 0.289 e. The van der Waals surface area contributed by atoms with Crippen molar-refractivity contribution in [2.75, 3.05) is 6.54 Å². The van der Waals surface area contributed by atoms with Crippen LogP contribution in [0.4, 0.5) is 0 Å². The van der Waals surface area contributed by atoms with E-state index in [-0.39, 0.29) is 23.6 Å². The third kappa shape index (κ3) is 3.06. The van der Waals surface area contributed by atoms with E-state index in [4.69, 9.17) is 10.3 Å². The molecule has 0 aliphatic heterocycles. The maximum Gasteiger partial charge on any atom is 0.289 e. The molecule has 94 valence electrons. The second-order valence-electron chi connectivity index (χ2n) is 4.98. The van der Waals surface area contributed by atoms with Gasteiger partial charge in [-0.3, -0.25) is 4.79 Å². The average Bonchev–Trinajstić information content (AvgIpc) is 3.02. The summed E-state index contributed by atoms with van der Waals surface area (Å²) in [5.41, 5.74) is 6.69. The first kappa shape index (κ1) is 12.1. The van der Waals surface area contributed by atoms with Crippen molar-refractivity contribution in [3.8, 4) is 0 Å². The maximum absolute atomic E-state index is 11.7. The van der Waals surface area contributed by atoms with Crippen LogP contribution in [-0.4, -0.2) is 23.7 Å². The van der Waals surface area contributed by atoms with E-state index in [2.05, 4.69) is 10.5 Å². The predicted molar refractivity (Wildman–Crippen MR) is 63.6 cm³/mol. The summed E-state index contributed by atoms with van der Waals surface area (Å²) in [4.78, 5) is 11.7. The first-order chi connectivity index (χ1) is 8.08. The average molecular weight is 237 g/mol. The van der Waals surface area contributed by atoms with Crippen molar-refractivity contribution in [1.29, 1.82) is 0 Å². The van der Waals surface area contributed by atoms with Gasteiger partial charge in [0.15, 0.2) is 0 Å². The molecular formula is C12H19N3O2. The molecule has 0 bridgehead atoms. The fraction of sp³-hybridized carbons (Fsp3) is 0.667. The van der Waals surface area contributed by atoms with Gasteiger partial charge < -0.3 is 15.6 Å². The molecule has 5 heteroatoms. The lowest BCUT2D eigenvalue weighted by Crippen LogP contribution is -2.38. The number of rotatable bonds is 5. The van der Waals surface area contributed by atoms with Gasteiger partial charge in [-0.05, 0) is 24.7 Å². The molecule has 1 unspecified atom stereocenters. The van der Waals surface area contributed by atoms with Crippen LogP contribution >= 0.6 is 0 Å². The minimum atomic E-state index is -0.236. The Morgan fingerprint density at radius 1 is 1.65 bits per heavy atom. The number of aromatic nitrogens is 1. The molecule has 17 heavy (non-hydrogen) atoms. The van der Waals surface area contributed by atoms with Crippen LogP contribution in [0.25, 0.3) is 0 Å². The zero-order valence-electron chi connectivity index (χ0n) is 10.3. The highest BCUT2D eigenvalue weighted by molar-refractivity contribution is 5.91. The maximum atomic E-state index is 11.7. The fourth-order valence-electron chi connectivity index (χ4n) is 1.66. The standard InChI is InChI=1S/C12H19N3O2/c1-7(2)10-5-11(17-15-10)12(16)14-6-9(13)8-3-4-8/h5,7-9H,3-4,6,13H2,1-2H3,(H,14,16). The molecule has 1 aromatic rings. The number of hydrogen-bond donors (Lipinski definition) is 2. The molecule has 1 aliphatic carbocycles. The van der Waals surface area contributed by atoms with Crippen molar-refractivity contribution in [1.82, 2.24) is 10.5 Å². The van der Waals surface area contributed by atoms with Gasteiger partial charge in [0.05, 0.1) is 5.69 Å². The number of nitrogens with one attached hydrogen (secondary N) is 1. The Labute approximate surface area is 101 Å². The van der Waals surface area contributed by atoms with E-state index in [1.165, 1.54) is 12.8 Å². The second-order valence-corrected chi connectivity index (χ2v) is 4.98. The van der Waals surface area contributed by atoms with Gasteiger partial charge in [0, 0.05) is 18.7 Å². The summed E-state index contributed by atoms with van der Waals surface area (Å²) in [6.45, 7) is 4.51. The zero-order valence-corrected chi connectivity index (χ0v) is 10.3. The third-order valence-corrected chi connectivity index (χ3v) is 3.07. The second kappa shape index (κ2) is 4.87. The minimum absolute atomic E-state index is 0.0615. The first-order valence-electron chi connectivity index (χ1n) is 6.08. The normalized spacial score (nSPS) is 17.2. The van der Waals surface area contributed by atoms with E-state index in [9.17, 15) is 4.79 Å². The summed E-state index contributed by atoms with van der Waals surface area (Å²) in [6, 6.07) is 1.74. The summed E-state index contributed by atoms with van der Waals surface area (Å²) in [7, 11) is 0. The van der Waals surface area contributed by atoms with Crippen molar-refractivity contribution in [2.24, 2.45) is 11.7 Å². The molecule has 1 heterocycles. The van der Waals surface area contributed by atoms with Crippen LogP contribution in [0.2, 0.25) is 0 Å². The van der Waals surface area contributed by atoms with Crippen LogP contribution in [-0.2, 0) is 0 Å². The number of hydrogen-bond acceptors (Lipinski definition) is 4. The SMILES string of the molecule is CC(C)c1cc(C(=O)NCC(N)C2CC2)on1. The highest BCUT2D eigenvalue weighted by atomic mass is 16.5. The van der Waals surface area contributed by atoms with E-state index in [1.54, 1.807) is 6.07 Å². The van der Waals surface area contributed by atoms with E-state index < -0.39 is 0 Å². The molecule has 1 saturated carbocycles. The summed E-state index contributed by atoms with van der Waals surface area (Å²) >= 11 is 0. The number of amides is 1. The topological polar surface area (TPSA) is 81.2 Å². The van der Waals surface area contributed by atoms with Crippen LogP contribution in [0.1, 0.15) is 48.9 Å². The van der Waals surface area contributed by atoms with Crippen LogP contribution in [0.3, 0.4) is 0 Å². The fourth-order valence-corrected chi connectivity index (χ4v) is 1.66. The Kier molecular flexibility index (Phi) is 3.47. The molecule has 3 N–H and O–H groups in total. The number of nitrogens with two attached hydrogens (primary N) is 1. The molecule has 0 radical (unpaired) electrons. The van der Waals surface area contributed by atoms with Gasteiger partial charge in [-0.25, -0.2) is 0 Å². The Balaban J connectivity index is 1.85. The van der Waals surface area contributed by atoms with Gasteiger partial charge in [-0.1, -0.05) is 19.0 Å². The molecule has 1 atom stereocenters. The summed E-state index contributed by atoms with van der Waals surface area (Å²) in [5.74, 6) is 0.863. The van der Waals surface area contributed by atoms with E-state index in [0.29, 0.717) is 12.5 Å². The molecule has 0 spiro atoms. The lowest BCUT2D eigenvalue weighted by Gasteiger charge is -2.09. The molecule has 1 amide bonds. The number of carbonyl (C=O) groups excluding carboxylic acids is 1. The van der Waals surface area contributed by atoms with E-state index in [1.807, 2.05) is 13.8 Å². The van der Waals surface area contributed by atoms with Crippen molar-refractivity contribution in [3.05, 3.63) is 17.5 Å². The van der Waals surface area contributed by atoms with Crippen LogP contribution in [0.5, 0.6) is 0 Å². The van der Waals surface area contributed by atoms with Gasteiger partial charge >= 0.3 is 0 Å². The van der Waals surface area contributed by atoms with Gasteiger partial charge in [0.1, 0.15) is 0 Å². The predicted octanol–water partition coefficient (Wildman–Crippen LogP) is 1.27. The number of nitrogens with zero attached hydrogens (tertiary/aromatic N) is 1.